The normalized spacial score (nSPS) is 19.5. The van der Waals surface area contributed by atoms with Crippen LogP contribution < -0.4 is 0 Å². The lowest BCUT2D eigenvalue weighted by atomic mass is 9.89. The van der Waals surface area contributed by atoms with Gasteiger partial charge >= 0.3 is 5.97 Å². The Kier molecular flexibility index (Phi) is 3.36. The molecule has 0 amide bonds. The zero-order valence-electron chi connectivity index (χ0n) is 12.2. The molecule has 1 aromatic rings. The molecule has 0 radical (unpaired) electrons. The third-order valence-electron chi connectivity index (χ3n) is 3.30. The van der Waals surface area contributed by atoms with Crippen molar-refractivity contribution in [2.45, 2.75) is 26.4 Å². The van der Waals surface area contributed by atoms with E-state index in [0.29, 0.717) is 0 Å². The third kappa shape index (κ3) is 2.60. The Morgan fingerprint density at radius 3 is 2.81 bits per heavy atom. The fourth-order valence-corrected chi connectivity index (χ4v) is 3.08. The molecule has 1 aromatic carbocycles. The number of carbonyl (C=O) groups is 1. The number of aliphatic imine (C=N–C) groups is 1. The lowest BCUT2D eigenvalue weighted by Gasteiger charge is -2.24. The molecule has 1 aliphatic carbocycles. The number of halogens is 1. The summed E-state index contributed by atoms with van der Waals surface area (Å²) in [5.74, 6) is -0.699. The van der Waals surface area contributed by atoms with Gasteiger partial charge in [0.25, 0.3) is 0 Å². The van der Waals surface area contributed by atoms with Gasteiger partial charge in [-0.3, -0.25) is 9.79 Å². The summed E-state index contributed by atoms with van der Waals surface area (Å²) >= 11 is 3.56. The monoisotopic (exact) mass is 345 g/mol. The van der Waals surface area contributed by atoms with Crippen molar-refractivity contribution in [1.82, 2.24) is 0 Å². The first-order valence-corrected chi connectivity index (χ1v) is 7.65. The average Bonchev–Trinajstić information content (AvgIpc) is 2.75. The van der Waals surface area contributed by atoms with E-state index in [2.05, 4.69) is 20.9 Å². The molecule has 1 aliphatic heterocycles. The van der Waals surface area contributed by atoms with Crippen molar-refractivity contribution in [3.05, 3.63) is 46.5 Å². The van der Waals surface area contributed by atoms with Gasteiger partial charge in [-0.05, 0) is 32.9 Å². The Morgan fingerprint density at radius 2 is 2.10 bits per heavy atom. The molecule has 1 atom stereocenters. The number of allylic oxidation sites excluding steroid dienone is 3. The van der Waals surface area contributed by atoms with E-state index in [9.17, 15) is 4.79 Å². The molecular weight excluding hydrogens is 330 g/mol. The van der Waals surface area contributed by atoms with Gasteiger partial charge in [0.15, 0.2) is 0 Å². The van der Waals surface area contributed by atoms with Crippen molar-refractivity contribution >= 4 is 38.9 Å². The van der Waals surface area contributed by atoms with Crippen molar-refractivity contribution in [1.29, 1.82) is 0 Å². The van der Waals surface area contributed by atoms with E-state index in [1.165, 1.54) is 0 Å². The second-order valence-corrected chi connectivity index (χ2v) is 6.96. The van der Waals surface area contributed by atoms with Gasteiger partial charge in [0.05, 0.1) is 11.4 Å². The molecule has 0 bridgehead atoms. The highest BCUT2D eigenvalue weighted by molar-refractivity contribution is 9.10. The second-order valence-electron chi connectivity index (χ2n) is 6.11. The van der Waals surface area contributed by atoms with Crippen LogP contribution in [0, 0.1) is 5.92 Å². The molecule has 1 unspecified atom stereocenters. The lowest BCUT2D eigenvalue weighted by Crippen LogP contribution is -2.32. The van der Waals surface area contributed by atoms with E-state index in [0.717, 1.165) is 27.0 Å². The molecule has 21 heavy (non-hydrogen) atoms. The number of ether oxygens (including phenoxy) is 1. The number of benzene rings is 1. The summed E-state index contributed by atoms with van der Waals surface area (Å²) in [5, 5.41) is 0. The Balaban J connectivity index is 1.97. The van der Waals surface area contributed by atoms with Crippen LogP contribution in [0.4, 0.5) is 5.69 Å². The van der Waals surface area contributed by atoms with Crippen LogP contribution in [0.3, 0.4) is 0 Å². The standard InChI is InChI=1S/C17H16BrNO2/c1-17(2,3)21-16(20)11-7-4-6-10-14-12(18)8-5-9-13(14)19-15(10)11/h4-9,11H,1-3H3. The first-order chi connectivity index (χ1) is 9.87. The molecule has 3 nitrogen and oxygen atoms in total. The van der Waals surface area contributed by atoms with E-state index < -0.39 is 11.5 Å². The first-order valence-electron chi connectivity index (χ1n) is 6.86. The minimum Gasteiger partial charge on any atom is -0.459 e. The molecular formula is C17H16BrNO2. The van der Waals surface area contributed by atoms with Crippen molar-refractivity contribution < 1.29 is 9.53 Å². The van der Waals surface area contributed by atoms with E-state index in [1.54, 1.807) is 0 Å². The fourth-order valence-electron chi connectivity index (χ4n) is 2.51. The highest BCUT2D eigenvalue weighted by Gasteiger charge is 2.35. The Bertz CT molecular complexity index is 708. The van der Waals surface area contributed by atoms with Crippen LogP contribution in [-0.4, -0.2) is 17.3 Å². The fraction of sp³-hybridized carbons (Fsp3) is 0.294. The summed E-state index contributed by atoms with van der Waals surface area (Å²) in [6.45, 7) is 5.61. The summed E-state index contributed by atoms with van der Waals surface area (Å²) < 4.78 is 6.49. The summed E-state index contributed by atoms with van der Waals surface area (Å²) in [5.41, 5.74) is 3.21. The van der Waals surface area contributed by atoms with E-state index in [-0.39, 0.29) is 5.97 Å². The van der Waals surface area contributed by atoms with E-state index >= 15 is 0 Å². The smallest absolute Gasteiger partial charge is 0.319 e. The molecule has 0 fully saturated rings. The molecule has 3 rings (SSSR count). The average molecular weight is 346 g/mol. The van der Waals surface area contributed by atoms with Crippen LogP contribution in [0.2, 0.25) is 0 Å². The van der Waals surface area contributed by atoms with Crippen LogP contribution in [-0.2, 0) is 9.53 Å². The number of fused-ring (bicyclic) bond motifs is 3. The molecule has 0 saturated heterocycles. The SMILES string of the molecule is CC(C)(C)OC(=O)C1C=CC=C2C1=Nc1cccc(Br)c12. The van der Waals surface area contributed by atoms with Crippen molar-refractivity contribution in [3.8, 4) is 0 Å². The van der Waals surface area contributed by atoms with Gasteiger partial charge < -0.3 is 4.74 Å². The number of hydrogen-bond acceptors (Lipinski definition) is 3. The highest BCUT2D eigenvalue weighted by atomic mass is 79.9. The van der Waals surface area contributed by atoms with Crippen LogP contribution in [0.1, 0.15) is 26.3 Å². The quantitative estimate of drug-likeness (QED) is 0.705. The van der Waals surface area contributed by atoms with Crippen molar-refractivity contribution in [2.75, 3.05) is 0 Å². The largest absolute Gasteiger partial charge is 0.459 e. The summed E-state index contributed by atoms with van der Waals surface area (Å²) in [7, 11) is 0. The Morgan fingerprint density at radius 1 is 1.33 bits per heavy atom. The highest BCUT2D eigenvalue weighted by Crippen LogP contribution is 2.43. The van der Waals surface area contributed by atoms with E-state index in [1.807, 2.05) is 57.2 Å². The summed E-state index contributed by atoms with van der Waals surface area (Å²) in [6, 6.07) is 5.89. The molecule has 1 heterocycles. The number of nitrogens with zero attached hydrogens (tertiary/aromatic N) is 1. The van der Waals surface area contributed by atoms with Crippen LogP contribution >= 0.6 is 15.9 Å². The zero-order chi connectivity index (χ0) is 15.2. The minimum atomic E-state index is -0.501. The van der Waals surface area contributed by atoms with Crippen molar-refractivity contribution in [3.63, 3.8) is 0 Å². The van der Waals surface area contributed by atoms with Crippen molar-refractivity contribution in [2.24, 2.45) is 10.9 Å². The molecule has 108 valence electrons. The second kappa shape index (κ2) is 4.95. The van der Waals surface area contributed by atoms with E-state index in [4.69, 9.17) is 4.74 Å². The van der Waals surface area contributed by atoms with Gasteiger partial charge in [-0.25, -0.2) is 0 Å². The predicted molar refractivity (Wildman–Crippen MR) is 87.7 cm³/mol. The predicted octanol–water partition coefficient (Wildman–Crippen LogP) is 4.45. The third-order valence-corrected chi connectivity index (χ3v) is 3.96. The molecule has 0 spiro atoms. The van der Waals surface area contributed by atoms with Gasteiger partial charge in [-0.1, -0.05) is 40.2 Å². The maximum Gasteiger partial charge on any atom is 0.319 e. The summed E-state index contributed by atoms with van der Waals surface area (Å²) in [6.07, 6.45) is 5.74. The molecule has 0 aromatic heterocycles. The number of esters is 1. The summed E-state index contributed by atoms with van der Waals surface area (Å²) in [4.78, 5) is 17.0. The Labute approximate surface area is 132 Å². The maximum absolute atomic E-state index is 12.4. The van der Waals surface area contributed by atoms with Gasteiger partial charge in [-0.15, -0.1) is 0 Å². The lowest BCUT2D eigenvalue weighted by molar-refractivity contribution is -0.155. The molecule has 4 heteroatoms. The Hall–Kier alpha value is -1.68. The number of carbonyl (C=O) groups excluding carboxylic acids is 1. The van der Waals surface area contributed by atoms with Crippen LogP contribution in [0.25, 0.3) is 5.57 Å². The van der Waals surface area contributed by atoms with Crippen LogP contribution in [0.15, 0.2) is 45.9 Å². The zero-order valence-corrected chi connectivity index (χ0v) is 13.8. The van der Waals surface area contributed by atoms with Gasteiger partial charge in [0, 0.05) is 15.6 Å². The number of rotatable bonds is 1. The van der Waals surface area contributed by atoms with Gasteiger partial charge in [0.1, 0.15) is 11.5 Å². The molecule has 0 saturated carbocycles. The topological polar surface area (TPSA) is 38.7 Å². The number of hydrogen-bond donors (Lipinski definition) is 0. The van der Waals surface area contributed by atoms with Crippen LogP contribution in [0.5, 0.6) is 0 Å². The molecule has 0 N–H and O–H groups in total. The molecule has 2 aliphatic rings. The first kappa shape index (κ1) is 14.3. The van der Waals surface area contributed by atoms with Gasteiger partial charge in [0.2, 0.25) is 0 Å². The maximum atomic E-state index is 12.4. The minimum absolute atomic E-state index is 0.257. The van der Waals surface area contributed by atoms with Gasteiger partial charge in [-0.2, -0.15) is 0 Å².